The first-order chi connectivity index (χ1) is 46.1. The predicted octanol–water partition coefficient (Wildman–Crippen LogP) is 17.8. The molecule has 0 radical (unpaired) electrons. The van der Waals surface area contributed by atoms with Crippen LogP contribution in [0.15, 0.2) is 48.6 Å². The average molecular weight is 1330 g/mol. The monoisotopic (exact) mass is 1330 g/mol. The number of rotatable bonds is 67. The van der Waals surface area contributed by atoms with Gasteiger partial charge in [-0.3, -0.25) is 4.79 Å². The summed E-state index contributed by atoms with van der Waals surface area (Å²) >= 11 is 0. The lowest BCUT2D eigenvalue weighted by Gasteiger charge is -2.46. The highest BCUT2D eigenvalue weighted by molar-refractivity contribution is 5.76. The van der Waals surface area contributed by atoms with Crippen molar-refractivity contribution in [1.82, 2.24) is 5.32 Å². The Morgan fingerprint density at radius 1 is 0.372 bits per heavy atom. The second-order valence-corrected chi connectivity index (χ2v) is 28.2. The van der Waals surface area contributed by atoms with Crippen molar-refractivity contribution >= 4 is 5.91 Å². The Kier molecular flexibility index (Phi) is 60.3. The van der Waals surface area contributed by atoms with E-state index >= 15 is 0 Å². The summed E-state index contributed by atoms with van der Waals surface area (Å²) in [4.78, 5) is 13.4. The van der Waals surface area contributed by atoms with Crippen molar-refractivity contribution in [3.63, 3.8) is 0 Å². The van der Waals surface area contributed by atoms with Crippen LogP contribution in [0.25, 0.3) is 0 Å². The number of aliphatic hydroxyl groups is 8. The van der Waals surface area contributed by atoms with Crippen LogP contribution in [0.5, 0.6) is 0 Å². The number of amides is 1. The summed E-state index contributed by atoms with van der Waals surface area (Å²) in [6.07, 6.45) is 69.2. The van der Waals surface area contributed by atoms with Crippen molar-refractivity contribution < 1.29 is 64.6 Å². The van der Waals surface area contributed by atoms with Crippen molar-refractivity contribution in [2.45, 2.75) is 434 Å². The average Bonchev–Trinajstić information content (AvgIpc) is 0.794. The SMILES string of the molecule is CCCCCCCCCC/C=C\CCCCCCCCCCCCCCCCCCCCCCCCCCCC(=O)NC(COC1OC(CO)C(OC2OC(CO)C(O)C(O)C2O)C(O)C1O)C(O)/C=C/CC/C=C/CC/C=C/CCCCCCCCCCCCCCC. The zero-order valence-electron chi connectivity index (χ0n) is 60.5. The van der Waals surface area contributed by atoms with Gasteiger partial charge in [0.1, 0.15) is 48.8 Å². The van der Waals surface area contributed by atoms with Gasteiger partial charge in [-0.05, 0) is 70.6 Å². The van der Waals surface area contributed by atoms with Crippen LogP contribution >= 0.6 is 0 Å². The maximum absolute atomic E-state index is 13.4. The smallest absolute Gasteiger partial charge is 0.220 e. The molecule has 2 rings (SSSR count). The summed E-state index contributed by atoms with van der Waals surface area (Å²) in [6.45, 7) is 2.83. The molecule has 0 aliphatic carbocycles. The highest BCUT2D eigenvalue weighted by Crippen LogP contribution is 2.30. The first-order valence-corrected chi connectivity index (χ1v) is 39.9. The van der Waals surface area contributed by atoms with Gasteiger partial charge in [0.25, 0.3) is 0 Å². The van der Waals surface area contributed by atoms with Crippen LogP contribution in [0.4, 0.5) is 0 Å². The lowest BCUT2D eigenvalue weighted by atomic mass is 9.97. The quantitative estimate of drug-likeness (QED) is 0.0204. The molecule has 0 aromatic rings. The maximum Gasteiger partial charge on any atom is 0.220 e. The molecule has 0 spiro atoms. The summed E-state index contributed by atoms with van der Waals surface area (Å²) in [5.74, 6) is -0.246. The molecule has 2 aliphatic rings. The van der Waals surface area contributed by atoms with Gasteiger partial charge in [-0.2, -0.15) is 0 Å². The Bertz CT molecular complexity index is 1760. The number of allylic oxidation sites excluding steroid dienone is 7. The highest BCUT2D eigenvalue weighted by atomic mass is 16.7. The predicted molar refractivity (Wildman–Crippen MR) is 388 cm³/mol. The Morgan fingerprint density at radius 2 is 0.681 bits per heavy atom. The van der Waals surface area contributed by atoms with Gasteiger partial charge in [0.05, 0.1) is 32.0 Å². The Hall–Kier alpha value is -2.05. The molecule has 0 aromatic carbocycles. The van der Waals surface area contributed by atoms with Gasteiger partial charge >= 0.3 is 0 Å². The second-order valence-electron chi connectivity index (χ2n) is 28.2. The molecule has 1 amide bonds. The van der Waals surface area contributed by atoms with Crippen LogP contribution in [-0.4, -0.2) is 140 Å². The zero-order valence-corrected chi connectivity index (χ0v) is 60.5. The van der Waals surface area contributed by atoms with E-state index in [2.05, 4.69) is 55.6 Å². The molecule has 2 aliphatic heterocycles. The van der Waals surface area contributed by atoms with Crippen LogP contribution in [0.2, 0.25) is 0 Å². The fourth-order valence-electron chi connectivity index (χ4n) is 13.1. The first-order valence-electron chi connectivity index (χ1n) is 39.9. The molecule has 14 heteroatoms. The molecule has 0 bridgehead atoms. The minimum atomic E-state index is -1.79. The van der Waals surface area contributed by atoms with Crippen molar-refractivity contribution in [2.24, 2.45) is 0 Å². The summed E-state index contributed by atoms with van der Waals surface area (Å²) < 4.78 is 22.9. The number of aliphatic hydroxyl groups excluding tert-OH is 8. The van der Waals surface area contributed by atoms with Crippen molar-refractivity contribution in [2.75, 3.05) is 19.8 Å². The second kappa shape index (κ2) is 64.3. The van der Waals surface area contributed by atoms with Gasteiger partial charge in [0, 0.05) is 6.42 Å². The maximum atomic E-state index is 13.4. The van der Waals surface area contributed by atoms with E-state index in [-0.39, 0.29) is 18.9 Å². The van der Waals surface area contributed by atoms with E-state index in [4.69, 9.17) is 18.9 Å². The largest absolute Gasteiger partial charge is 0.394 e. The van der Waals surface area contributed by atoms with Crippen LogP contribution < -0.4 is 5.32 Å². The number of hydrogen-bond donors (Lipinski definition) is 9. The van der Waals surface area contributed by atoms with Gasteiger partial charge < -0.3 is 65.1 Å². The van der Waals surface area contributed by atoms with Gasteiger partial charge in [-0.15, -0.1) is 0 Å². The molecule has 9 N–H and O–H groups in total. The van der Waals surface area contributed by atoms with E-state index in [1.807, 2.05) is 6.08 Å². The summed E-state index contributed by atoms with van der Waals surface area (Å²) in [6, 6.07) is -0.939. The Morgan fingerprint density at radius 3 is 1.04 bits per heavy atom. The lowest BCUT2D eigenvalue weighted by molar-refractivity contribution is -0.359. The van der Waals surface area contributed by atoms with Crippen molar-refractivity contribution in [1.29, 1.82) is 0 Å². The molecule has 12 unspecified atom stereocenters. The summed E-state index contributed by atoms with van der Waals surface area (Å²) in [5, 5.41) is 87.6. The third-order valence-electron chi connectivity index (χ3n) is 19.5. The van der Waals surface area contributed by atoms with Gasteiger partial charge in [-0.25, -0.2) is 0 Å². The molecule has 94 heavy (non-hydrogen) atoms. The minimum Gasteiger partial charge on any atom is -0.394 e. The Balaban J connectivity index is 1.60. The highest BCUT2D eigenvalue weighted by Gasteiger charge is 2.51. The van der Waals surface area contributed by atoms with E-state index < -0.39 is 86.8 Å². The molecular formula is C80H149NO13. The Labute approximate surface area is 575 Å². The first kappa shape index (κ1) is 88.0. The molecule has 12 atom stereocenters. The molecule has 14 nitrogen and oxygen atoms in total. The van der Waals surface area contributed by atoms with E-state index in [1.165, 1.54) is 283 Å². The minimum absolute atomic E-state index is 0.246. The van der Waals surface area contributed by atoms with Crippen molar-refractivity contribution in [3.8, 4) is 0 Å². The number of hydrogen-bond acceptors (Lipinski definition) is 13. The molecule has 2 saturated heterocycles. The van der Waals surface area contributed by atoms with Crippen LogP contribution in [-0.2, 0) is 23.7 Å². The lowest BCUT2D eigenvalue weighted by Crippen LogP contribution is -2.65. The van der Waals surface area contributed by atoms with E-state index in [9.17, 15) is 45.6 Å². The molecule has 0 aromatic heterocycles. The van der Waals surface area contributed by atoms with E-state index in [0.717, 1.165) is 44.9 Å². The third kappa shape index (κ3) is 47.1. The molecule has 2 fully saturated rings. The van der Waals surface area contributed by atoms with E-state index in [1.54, 1.807) is 6.08 Å². The molecular weight excluding hydrogens is 1180 g/mol. The van der Waals surface area contributed by atoms with Crippen LogP contribution in [0, 0.1) is 0 Å². The van der Waals surface area contributed by atoms with Crippen molar-refractivity contribution in [3.05, 3.63) is 48.6 Å². The number of nitrogens with one attached hydrogen (secondary N) is 1. The number of carbonyl (C=O) groups excluding carboxylic acids is 1. The topological polar surface area (TPSA) is 228 Å². The molecule has 0 saturated carbocycles. The summed E-state index contributed by atoms with van der Waals surface area (Å²) in [5.41, 5.74) is 0. The standard InChI is InChI=1S/C80H149NO13/c1-3-5-7-9-11-13-15-17-19-21-23-25-27-28-29-30-31-32-33-34-35-36-37-38-39-40-42-44-46-48-50-52-54-56-58-60-62-64-72(85)81-68(67-91-79-77(90)75(88)78(71(66-83)93-79)94-80-76(89)74(87)73(86)70(65-82)92-80)69(84)63-61-59-57-55-53-51-49-47-45-43-41-26-24-22-20-18-16-14-12-10-8-6-4-2/h21,23,45,47,53,55,61,63,68-71,73-80,82-84,86-90H,3-20,22,24-44,46,48-52,54,56-60,62,64-67H2,1-2H3,(H,81,85)/b23-21-,47-45+,55-53+,63-61+. The third-order valence-corrected chi connectivity index (χ3v) is 19.5. The van der Waals surface area contributed by atoms with Gasteiger partial charge in [-0.1, -0.05) is 332 Å². The van der Waals surface area contributed by atoms with E-state index in [0.29, 0.717) is 12.8 Å². The summed E-state index contributed by atoms with van der Waals surface area (Å²) in [7, 11) is 0. The molecule has 2 heterocycles. The number of unbranched alkanes of at least 4 members (excludes halogenated alkanes) is 48. The van der Waals surface area contributed by atoms with Crippen LogP contribution in [0.1, 0.15) is 361 Å². The van der Waals surface area contributed by atoms with Gasteiger partial charge in [0.15, 0.2) is 12.6 Å². The fraction of sp³-hybridized carbons (Fsp3) is 0.887. The molecule has 552 valence electrons. The zero-order chi connectivity index (χ0) is 68.0. The normalized spacial score (nSPS) is 22.7. The van der Waals surface area contributed by atoms with Gasteiger partial charge in [0.2, 0.25) is 5.91 Å². The fourth-order valence-corrected chi connectivity index (χ4v) is 13.1. The number of carbonyl (C=O) groups is 1. The van der Waals surface area contributed by atoms with Crippen LogP contribution in [0.3, 0.4) is 0 Å². The number of ether oxygens (including phenoxy) is 4.